The Morgan fingerprint density at radius 3 is 1.81 bits per heavy atom. The highest BCUT2D eigenvalue weighted by atomic mass is 35.5. The van der Waals surface area contributed by atoms with Crippen LogP contribution in [0.2, 0.25) is 0 Å². The molecule has 12 heteroatoms. The van der Waals surface area contributed by atoms with Crippen LogP contribution in [0.4, 0.5) is 26.3 Å². The van der Waals surface area contributed by atoms with Crippen LogP contribution < -0.4 is 0 Å². The molecule has 0 bridgehead atoms. The first-order valence-corrected chi connectivity index (χ1v) is 9.44. The maximum Gasteiger partial charge on any atom is 0.392 e. The topological polar surface area (TPSA) is 60.4 Å². The quantitative estimate of drug-likeness (QED) is 0.337. The van der Waals surface area contributed by atoms with Crippen molar-refractivity contribution in [2.75, 3.05) is 12.9 Å². The molecule has 0 aromatic heterocycles. The van der Waals surface area contributed by atoms with E-state index in [4.69, 9.17) is 11.6 Å². The van der Waals surface area contributed by atoms with Gasteiger partial charge in [-0.05, 0) is 18.3 Å². The van der Waals surface area contributed by atoms with Gasteiger partial charge in [0.1, 0.15) is 0 Å². The zero-order valence-electron chi connectivity index (χ0n) is 14.6. The molecule has 4 nitrogen and oxygen atoms in total. The number of methoxy groups -OCH3 is 1. The fourth-order valence-corrected chi connectivity index (χ4v) is 4.37. The van der Waals surface area contributed by atoms with Crippen LogP contribution >= 0.6 is 11.6 Å². The highest BCUT2D eigenvalue weighted by molar-refractivity contribution is 7.95. The minimum Gasteiger partial charge on any atom is -0.467 e. The predicted molar refractivity (Wildman–Crippen MR) is 83.3 cm³/mol. The third-order valence-corrected chi connectivity index (χ3v) is 6.98. The summed E-state index contributed by atoms with van der Waals surface area (Å²) in [6.45, 7) is 3.78. The second-order valence-electron chi connectivity index (χ2n) is 6.90. The van der Waals surface area contributed by atoms with Crippen LogP contribution in [0.25, 0.3) is 0 Å². The summed E-state index contributed by atoms with van der Waals surface area (Å²) in [5, 5.41) is 0. The molecule has 0 rings (SSSR count). The van der Waals surface area contributed by atoms with Gasteiger partial charge in [0.2, 0.25) is 4.21 Å². The van der Waals surface area contributed by atoms with Crippen LogP contribution in [0.15, 0.2) is 0 Å². The van der Waals surface area contributed by atoms with Gasteiger partial charge >= 0.3 is 18.3 Å². The summed E-state index contributed by atoms with van der Waals surface area (Å²) in [4.78, 5) is 11.8. The molecule has 2 unspecified atom stereocenters. The van der Waals surface area contributed by atoms with E-state index < -0.39 is 68.7 Å². The molecule has 0 saturated heterocycles. The van der Waals surface area contributed by atoms with E-state index in [1.807, 2.05) is 0 Å². The maximum atomic E-state index is 13.2. The first kappa shape index (κ1) is 25.3. The molecule has 0 aromatic rings. The second-order valence-corrected chi connectivity index (χ2v) is 10.1. The van der Waals surface area contributed by atoms with Crippen molar-refractivity contribution < 1.29 is 44.3 Å². The molecule has 2 atom stereocenters. The van der Waals surface area contributed by atoms with Crippen LogP contribution in [0.3, 0.4) is 0 Å². The SMILES string of the molecule is COC(=O)C(Cl)(CCC(C(C)(C)C)C(F)(F)F)S(=O)(=O)CCC(F)(F)F. The average molecular weight is 435 g/mol. The molecule has 0 aliphatic heterocycles. The number of carbonyl (C=O) groups excluding carboxylic acids is 1. The van der Waals surface area contributed by atoms with E-state index in [9.17, 15) is 39.6 Å². The van der Waals surface area contributed by atoms with Crippen LogP contribution in [0, 0.1) is 11.3 Å². The smallest absolute Gasteiger partial charge is 0.392 e. The number of esters is 1. The van der Waals surface area contributed by atoms with Crippen molar-refractivity contribution in [3.8, 4) is 0 Å². The number of rotatable bonds is 7. The van der Waals surface area contributed by atoms with Crippen molar-refractivity contribution in [3.63, 3.8) is 0 Å². The molecule has 0 aromatic carbocycles. The average Bonchev–Trinajstić information content (AvgIpc) is 2.40. The lowest BCUT2D eigenvalue weighted by atomic mass is 9.77. The van der Waals surface area contributed by atoms with Gasteiger partial charge < -0.3 is 4.74 Å². The lowest BCUT2D eigenvalue weighted by Crippen LogP contribution is -2.46. The van der Waals surface area contributed by atoms with Gasteiger partial charge in [-0.2, -0.15) is 26.3 Å². The minimum atomic E-state index is -4.95. The molecular formula is C14H21ClF6O4S. The Kier molecular flexibility index (Phi) is 7.89. The molecule has 0 heterocycles. The second kappa shape index (κ2) is 8.12. The minimum absolute atomic E-state index is 0.740. The van der Waals surface area contributed by atoms with Gasteiger partial charge in [-0.1, -0.05) is 32.4 Å². The van der Waals surface area contributed by atoms with E-state index in [1.54, 1.807) is 0 Å². The zero-order valence-corrected chi connectivity index (χ0v) is 16.2. The van der Waals surface area contributed by atoms with Gasteiger partial charge in [-0.25, -0.2) is 13.2 Å². The van der Waals surface area contributed by atoms with E-state index >= 15 is 0 Å². The Morgan fingerprint density at radius 1 is 1.04 bits per heavy atom. The lowest BCUT2D eigenvalue weighted by Gasteiger charge is -2.34. The van der Waals surface area contributed by atoms with Crippen molar-refractivity contribution in [2.24, 2.45) is 11.3 Å². The number of alkyl halides is 7. The van der Waals surface area contributed by atoms with E-state index in [1.165, 1.54) is 20.8 Å². The third kappa shape index (κ3) is 6.79. The molecule has 0 radical (unpaired) electrons. The number of hydrogen-bond donors (Lipinski definition) is 0. The number of halogens is 7. The van der Waals surface area contributed by atoms with E-state index in [-0.39, 0.29) is 0 Å². The van der Waals surface area contributed by atoms with E-state index in [0.717, 1.165) is 7.11 Å². The summed E-state index contributed by atoms with van der Waals surface area (Å²) in [6.07, 6.45) is -13.3. The highest BCUT2D eigenvalue weighted by Gasteiger charge is 2.54. The summed E-state index contributed by atoms with van der Waals surface area (Å²) >= 11 is 5.76. The maximum absolute atomic E-state index is 13.2. The van der Waals surface area contributed by atoms with E-state index in [2.05, 4.69) is 4.74 Å². The number of sulfone groups is 1. The van der Waals surface area contributed by atoms with Gasteiger partial charge in [0.15, 0.2) is 9.84 Å². The zero-order chi connectivity index (χ0) is 21.2. The fourth-order valence-electron chi connectivity index (χ4n) is 2.37. The van der Waals surface area contributed by atoms with Crippen molar-refractivity contribution >= 4 is 27.4 Å². The van der Waals surface area contributed by atoms with Crippen molar-refractivity contribution in [2.45, 2.75) is 56.6 Å². The Hall–Kier alpha value is -0.710. The molecule has 0 amide bonds. The van der Waals surface area contributed by atoms with E-state index in [0.29, 0.717) is 0 Å². The molecule has 0 spiro atoms. The first-order chi connectivity index (χ1) is 11.3. The number of hydrogen-bond acceptors (Lipinski definition) is 4. The molecule has 26 heavy (non-hydrogen) atoms. The molecule has 156 valence electrons. The Labute approximate surface area is 153 Å². The normalized spacial score (nSPS) is 17.5. The highest BCUT2D eigenvalue weighted by Crippen LogP contribution is 2.45. The molecule has 0 fully saturated rings. The molecular weight excluding hydrogens is 414 g/mol. The van der Waals surface area contributed by atoms with Crippen LogP contribution in [0.1, 0.15) is 40.0 Å². The summed E-state index contributed by atoms with van der Waals surface area (Å²) < 4.78 is 102. The summed E-state index contributed by atoms with van der Waals surface area (Å²) in [5.41, 5.74) is -1.35. The Balaban J connectivity index is 5.72. The molecule has 0 aliphatic carbocycles. The lowest BCUT2D eigenvalue weighted by molar-refractivity contribution is -0.203. The molecule has 0 aliphatic rings. The summed E-state index contributed by atoms with van der Waals surface area (Å²) in [7, 11) is -4.21. The van der Waals surface area contributed by atoms with Gasteiger partial charge in [0.05, 0.1) is 25.2 Å². The van der Waals surface area contributed by atoms with Crippen LogP contribution in [0.5, 0.6) is 0 Å². The van der Waals surface area contributed by atoms with Gasteiger partial charge in [0.25, 0.3) is 0 Å². The fraction of sp³-hybridized carbons (Fsp3) is 0.929. The number of carbonyl (C=O) groups is 1. The molecule has 0 N–H and O–H groups in total. The third-order valence-electron chi connectivity index (χ3n) is 3.83. The Morgan fingerprint density at radius 2 is 1.50 bits per heavy atom. The number of ether oxygens (including phenoxy) is 1. The van der Waals surface area contributed by atoms with Gasteiger partial charge in [-0.15, -0.1) is 0 Å². The standard InChI is InChI=1S/C14H21ClF6O4S/c1-11(2,3)9(14(19,20)21)5-6-12(15,10(22)25-4)26(23,24)8-7-13(16,17)18/h9H,5-8H2,1-4H3. The Bertz CT molecular complexity index is 580. The van der Waals surface area contributed by atoms with Gasteiger partial charge in [0, 0.05) is 0 Å². The monoisotopic (exact) mass is 434 g/mol. The largest absolute Gasteiger partial charge is 0.467 e. The first-order valence-electron chi connectivity index (χ1n) is 7.41. The van der Waals surface area contributed by atoms with Crippen molar-refractivity contribution in [1.29, 1.82) is 0 Å². The summed E-state index contributed by atoms with van der Waals surface area (Å²) in [6, 6.07) is 0. The van der Waals surface area contributed by atoms with Crippen LogP contribution in [-0.4, -0.2) is 43.8 Å². The van der Waals surface area contributed by atoms with Gasteiger partial charge in [-0.3, -0.25) is 0 Å². The summed E-state index contributed by atoms with van der Waals surface area (Å²) in [5.74, 6) is -5.19. The van der Waals surface area contributed by atoms with Crippen LogP contribution in [-0.2, 0) is 19.4 Å². The van der Waals surface area contributed by atoms with Crippen molar-refractivity contribution in [3.05, 3.63) is 0 Å². The van der Waals surface area contributed by atoms with Crippen molar-refractivity contribution in [1.82, 2.24) is 0 Å². The predicted octanol–water partition coefficient (Wildman–Crippen LogP) is 4.47. The molecule has 0 saturated carbocycles.